The van der Waals surface area contributed by atoms with Gasteiger partial charge in [-0.2, -0.15) is 0 Å². The molecule has 1 aliphatic rings. The van der Waals surface area contributed by atoms with Gasteiger partial charge in [-0.25, -0.2) is 9.79 Å². The molecule has 3 aromatic carbocycles. The number of rotatable bonds is 8. The number of fused-ring (bicyclic) bond motifs is 1. The molecule has 2 heterocycles. The number of carbonyl (C=O) groups is 1. The number of esters is 1. The second kappa shape index (κ2) is 13.2. The van der Waals surface area contributed by atoms with Crippen LogP contribution in [0.4, 0.5) is 0 Å². The molecule has 0 radical (unpaired) electrons. The van der Waals surface area contributed by atoms with E-state index in [1.165, 1.54) is 16.9 Å². The lowest BCUT2D eigenvalue weighted by Crippen LogP contribution is -2.39. The van der Waals surface area contributed by atoms with E-state index in [2.05, 4.69) is 34.8 Å². The van der Waals surface area contributed by atoms with Crippen LogP contribution in [-0.4, -0.2) is 17.1 Å². The largest absolute Gasteiger partial charge is 0.488 e. The Labute approximate surface area is 272 Å². The smallest absolute Gasteiger partial charge is 0.338 e. The van der Waals surface area contributed by atoms with Crippen molar-refractivity contribution in [1.82, 2.24) is 4.57 Å². The van der Waals surface area contributed by atoms with E-state index in [9.17, 15) is 9.59 Å². The topological polar surface area (TPSA) is 69.9 Å². The number of allylic oxidation sites excluding steroid dienone is 1. The van der Waals surface area contributed by atoms with E-state index in [-0.39, 0.29) is 18.8 Å². The van der Waals surface area contributed by atoms with E-state index in [4.69, 9.17) is 32.7 Å². The molecule has 0 amide bonds. The normalized spacial score (nSPS) is 15.0. The summed E-state index contributed by atoms with van der Waals surface area (Å²) in [5.41, 5.74) is 4.27. The first-order valence-electron chi connectivity index (χ1n) is 13.7. The molecule has 5 rings (SSSR count). The van der Waals surface area contributed by atoms with Gasteiger partial charge in [0.25, 0.3) is 5.56 Å². The fourth-order valence-corrected chi connectivity index (χ4v) is 6.86. The monoisotopic (exact) mass is 698 g/mol. The summed E-state index contributed by atoms with van der Waals surface area (Å²) in [6.45, 7) is 8.28. The van der Waals surface area contributed by atoms with Gasteiger partial charge >= 0.3 is 5.97 Å². The molecular weight excluding hydrogens is 671 g/mol. The van der Waals surface area contributed by atoms with Crippen molar-refractivity contribution in [3.05, 3.63) is 128 Å². The maximum atomic E-state index is 13.9. The third kappa shape index (κ3) is 6.68. The van der Waals surface area contributed by atoms with Crippen molar-refractivity contribution in [2.24, 2.45) is 4.99 Å². The molecule has 1 atom stereocenters. The Hall–Kier alpha value is -3.17. The Balaban J connectivity index is 1.51. The summed E-state index contributed by atoms with van der Waals surface area (Å²) < 4.78 is 14.2. The maximum Gasteiger partial charge on any atom is 0.338 e. The first-order valence-corrected chi connectivity index (χ1v) is 16.1. The van der Waals surface area contributed by atoms with Crippen LogP contribution >= 0.6 is 50.5 Å². The highest BCUT2D eigenvalue weighted by Crippen LogP contribution is 2.32. The van der Waals surface area contributed by atoms with Crippen molar-refractivity contribution in [2.45, 2.75) is 46.3 Å². The number of halogens is 3. The standard InChI is InChI=1S/C33H29BrCl2N2O4S/c1-5-41-32(40)29-19(4)37-33-38(30(29)22-9-7-21(8-10-22)18(2)3)31(39)28(43-33)15-20-6-13-27(25(34)14-20)42-17-23-11-12-24(35)16-26(23)36/h6-16,18,30H,5,17H2,1-4H3/b28-15-/t30-/m0/s1. The highest BCUT2D eigenvalue weighted by Gasteiger charge is 2.33. The zero-order valence-electron chi connectivity index (χ0n) is 24.0. The van der Waals surface area contributed by atoms with E-state index >= 15 is 0 Å². The molecule has 0 fully saturated rings. The van der Waals surface area contributed by atoms with Crippen molar-refractivity contribution in [1.29, 1.82) is 0 Å². The molecular formula is C33H29BrCl2N2O4S. The molecule has 0 bridgehead atoms. The van der Waals surface area contributed by atoms with Gasteiger partial charge in [-0.1, -0.05) is 84.8 Å². The lowest BCUT2D eigenvalue weighted by molar-refractivity contribution is -0.139. The van der Waals surface area contributed by atoms with E-state index < -0.39 is 12.0 Å². The molecule has 0 aliphatic carbocycles. The van der Waals surface area contributed by atoms with E-state index in [0.29, 0.717) is 42.3 Å². The second-order valence-electron chi connectivity index (χ2n) is 10.3. The van der Waals surface area contributed by atoms with Gasteiger partial charge in [-0.05, 0) is 82.7 Å². The third-order valence-corrected chi connectivity index (χ3v) is 9.28. The zero-order chi connectivity index (χ0) is 30.8. The van der Waals surface area contributed by atoms with Crippen molar-refractivity contribution in [2.75, 3.05) is 6.61 Å². The number of nitrogens with zero attached hydrogens (tertiary/aromatic N) is 2. The predicted molar refractivity (Wildman–Crippen MR) is 176 cm³/mol. The Kier molecular flexibility index (Phi) is 9.61. The fraction of sp³-hybridized carbons (Fsp3) is 0.242. The predicted octanol–water partition coefficient (Wildman–Crippen LogP) is 7.57. The van der Waals surface area contributed by atoms with Gasteiger partial charge in [0, 0.05) is 15.6 Å². The van der Waals surface area contributed by atoms with Crippen LogP contribution in [0.5, 0.6) is 5.75 Å². The quantitative estimate of drug-likeness (QED) is 0.178. The SMILES string of the molecule is CCOC(=O)C1=C(C)N=c2s/c(=C\c3ccc(OCc4ccc(Cl)cc4Cl)c(Br)c3)c(=O)n2[C@H]1c1ccc(C(C)C)cc1. The van der Waals surface area contributed by atoms with Crippen LogP contribution < -0.4 is 19.6 Å². The molecule has 0 spiro atoms. The molecule has 43 heavy (non-hydrogen) atoms. The summed E-state index contributed by atoms with van der Waals surface area (Å²) in [4.78, 5) is 32.3. The molecule has 1 aliphatic heterocycles. The average molecular weight is 700 g/mol. The number of aromatic nitrogens is 1. The summed E-state index contributed by atoms with van der Waals surface area (Å²) in [7, 11) is 0. The lowest BCUT2D eigenvalue weighted by atomic mass is 9.93. The van der Waals surface area contributed by atoms with Gasteiger partial charge in [0.2, 0.25) is 0 Å². The highest BCUT2D eigenvalue weighted by molar-refractivity contribution is 9.10. The van der Waals surface area contributed by atoms with Crippen molar-refractivity contribution < 1.29 is 14.3 Å². The first kappa shape index (κ1) is 31.3. The minimum absolute atomic E-state index is 0.223. The van der Waals surface area contributed by atoms with E-state index in [1.807, 2.05) is 54.6 Å². The van der Waals surface area contributed by atoms with Crippen molar-refractivity contribution >= 4 is 62.5 Å². The summed E-state index contributed by atoms with van der Waals surface area (Å²) in [5, 5.41) is 1.10. The maximum absolute atomic E-state index is 13.9. The summed E-state index contributed by atoms with van der Waals surface area (Å²) in [5.74, 6) is 0.503. The van der Waals surface area contributed by atoms with Gasteiger partial charge in [0.15, 0.2) is 4.80 Å². The summed E-state index contributed by atoms with van der Waals surface area (Å²) in [6, 6.07) is 18.2. The molecule has 222 valence electrons. The van der Waals surface area contributed by atoms with Crippen LogP contribution in [0.2, 0.25) is 10.0 Å². The number of ether oxygens (including phenoxy) is 2. The van der Waals surface area contributed by atoms with Crippen LogP contribution in [0.15, 0.2) is 86.2 Å². The van der Waals surface area contributed by atoms with Gasteiger partial charge < -0.3 is 9.47 Å². The van der Waals surface area contributed by atoms with Crippen LogP contribution in [0.1, 0.15) is 61.9 Å². The molecule has 6 nitrogen and oxygen atoms in total. The number of carbonyl (C=O) groups excluding carboxylic acids is 1. The molecule has 0 unspecified atom stereocenters. The Morgan fingerprint density at radius 1 is 1.12 bits per heavy atom. The zero-order valence-corrected chi connectivity index (χ0v) is 27.9. The Morgan fingerprint density at radius 3 is 2.51 bits per heavy atom. The number of thiazole rings is 1. The first-order chi connectivity index (χ1) is 20.6. The summed E-state index contributed by atoms with van der Waals surface area (Å²) in [6.07, 6.45) is 1.82. The fourth-order valence-electron chi connectivity index (χ4n) is 4.84. The van der Waals surface area contributed by atoms with Crippen molar-refractivity contribution in [3.63, 3.8) is 0 Å². The summed E-state index contributed by atoms with van der Waals surface area (Å²) >= 11 is 17.1. The average Bonchev–Trinajstić information content (AvgIpc) is 3.26. The van der Waals surface area contributed by atoms with Gasteiger partial charge in [0.05, 0.1) is 32.9 Å². The molecule has 4 aromatic rings. The number of hydrogen-bond donors (Lipinski definition) is 0. The van der Waals surface area contributed by atoms with Crippen molar-refractivity contribution in [3.8, 4) is 5.75 Å². The van der Waals surface area contributed by atoms with E-state index in [1.54, 1.807) is 30.5 Å². The molecule has 1 aromatic heterocycles. The van der Waals surface area contributed by atoms with E-state index in [0.717, 1.165) is 21.2 Å². The molecule has 10 heteroatoms. The van der Waals surface area contributed by atoms with Gasteiger partial charge in [-0.3, -0.25) is 9.36 Å². The second-order valence-corrected chi connectivity index (χ2v) is 13.0. The minimum atomic E-state index is -0.652. The van der Waals surface area contributed by atoms with Crippen LogP contribution in [0.3, 0.4) is 0 Å². The van der Waals surface area contributed by atoms with Gasteiger partial charge in [-0.15, -0.1) is 0 Å². The minimum Gasteiger partial charge on any atom is -0.488 e. The molecule has 0 saturated carbocycles. The highest BCUT2D eigenvalue weighted by atomic mass is 79.9. The number of benzene rings is 3. The lowest BCUT2D eigenvalue weighted by Gasteiger charge is -2.25. The molecule has 0 N–H and O–H groups in total. The molecule has 0 saturated heterocycles. The third-order valence-electron chi connectivity index (χ3n) is 7.09. The Bertz CT molecular complexity index is 1910. The van der Waals surface area contributed by atoms with Crippen LogP contribution in [0, 0.1) is 0 Å². The van der Waals surface area contributed by atoms with Crippen LogP contribution in [0.25, 0.3) is 6.08 Å². The van der Waals surface area contributed by atoms with Gasteiger partial charge in [0.1, 0.15) is 12.4 Å². The van der Waals surface area contributed by atoms with Crippen LogP contribution in [-0.2, 0) is 16.1 Å². The number of hydrogen-bond acceptors (Lipinski definition) is 6. The Morgan fingerprint density at radius 2 is 1.86 bits per heavy atom.